The fraction of sp³-hybridized carbons (Fsp3) is 0.400. The van der Waals surface area contributed by atoms with Gasteiger partial charge in [-0.2, -0.15) is 0 Å². The summed E-state index contributed by atoms with van der Waals surface area (Å²) in [7, 11) is 2.42. The number of likely N-dealkylation sites (tertiary alicyclic amines) is 2. The number of ether oxygens (including phenoxy) is 2. The van der Waals surface area contributed by atoms with E-state index in [1.54, 1.807) is 50.2 Å². The molecule has 2 fully saturated rings. The predicted octanol–water partition coefficient (Wildman–Crippen LogP) is 4.38. The smallest absolute Gasteiger partial charge is 0.407 e. The van der Waals surface area contributed by atoms with Crippen LogP contribution >= 0.6 is 0 Å². The zero-order valence-electron chi connectivity index (χ0n) is 31.9. The molecule has 2 aliphatic rings. The SMILES string of the molecule is COC(=O)N[C@@H](C)C(=O)N1CCC[C@H]1C(=O)Nc1ccc(CN(Cc2ccc(NC(=O)[C@@H]3CCCN3C(=O)[C@H](C)NC(=O)OC)cc2)c2ccc(F)cc2)cc1. The van der Waals surface area contributed by atoms with Crippen LogP contribution in [0.4, 0.5) is 31.0 Å². The van der Waals surface area contributed by atoms with Gasteiger partial charge in [-0.25, -0.2) is 14.0 Å². The van der Waals surface area contributed by atoms with Crippen LogP contribution in [0, 0.1) is 5.82 Å². The van der Waals surface area contributed by atoms with Crippen LogP contribution in [0.25, 0.3) is 0 Å². The molecule has 0 radical (unpaired) electrons. The Labute approximate surface area is 324 Å². The molecule has 2 heterocycles. The van der Waals surface area contributed by atoms with Gasteiger partial charge in [0.2, 0.25) is 23.6 Å². The van der Waals surface area contributed by atoms with Crippen LogP contribution in [-0.2, 0) is 41.7 Å². The summed E-state index contributed by atoms with van der Waals surface area (Å²) in [5.41, 5.74) is 3.74. The average molecular weight is 774 g/mol. The first kappa shape index (κ1) is 41.0. The third-order valence-electron chi connectivity index (χ3n) is 9.84. The normalized spacial score (nSPS) is 17.3. The maximum absolute atomic E-state index is 13.9. The second-order valence-corrected chi connectivity index (χ2v) is 13.8. The topological polar surface area (TPSA) is 179 Å². The average Bonchev–Trinajstić information content (AvgIpc) is 3.90. The van der Waals surface area contributed by atoms with Gasteiger partial charge in [-0.15, -0.1) is 0 Å². The summed E-state index contributed by atoms with van der Waals surface area (Å²) < 4.78 is 23.1. The third kappa shape index (κ3) is 10.5. The summed E-state index contributed by atoms with van der Waals surface area (Å²) in [6, 6.07) is 17.8. The second-order valence-electron chi connectivity index (χ2n) is 13.8. The number of methoxy groups -OCH3 is 2. The number of carbonyl (C=O) groups is 6. The lowest BCUT2D eigenvalue weighted by molar-refractivity contribution is -0.138. The van der Waals surface area contributed by atoms with E-state index in [2.05, 4.69) is 35.6 Å². The summed E-state index contributed by atoms with van der Waals surface area (Å²) in [4.78, 5) is 80.7. The van der Waals surface area contributed by atoms with E-state index >= 15 is 0 Å². The number of carbonyl (C=O) groups excluding carboxylic acids is 6. The van der Waals surface area contributed by atoms with Gasteiger partial charge in [0.15, 0.2) is 0 Å². The van der Waals surface area contributed by atoms with Crippen LogP contribution in [0.3, 0.4) is 0 Å². The lowest BCUT2D eigenvalue weighted by Crippen LogP contribution is -2.51. The Kier molecular flexibility index (Phi) is 13.8. The van der Waals surface area contributed by atoms with Crippen LogP contribution in [0.15, 0.2) is 72.8 Å². The number of rotatable bonds is 13. The molecule has 298 valence electrons. The van der Waals surface area contributed by atoms with E-state index in [4.69, 9.17) is 0 Å². The molecule has 0 spiro atoms. The van der Waals surface area contributed by atoms with E-state index in [-0.39, 0.29) is 29.4 Å². The van der Waals surface area contributed by atoms with Gasteiger partial charge in [0, 0.05) is 43.2 Å². The van der Waals surface area contributed by atoms with E-state index in [0.29, 0.717) is 63.2 Å². The summed E-state index contributed by atoms with van der Waals surface area (Å²) in [6.07, 6.45) is 0.855. The molecule has 3 aromatic carbocycles. The van der Waals surface area contributed by atoms with E-state index in [9.17, 15) is 33.2 Å². The zero-order chi connectivity index (χ0) is 40.4. The summed E-state index contributed by atoms with van der Waals surface area (Å²) in [5, 5.41) is 10.7. The van der Waals surface area contributed by atoms with E-state index in [1.807, 2.05) is 24.3 Å². The molecule has 0 aliphatic carbocycles. The summed E-state index contributed by atoms with van der Waals surface area (Å²) in [5.74, 6) is -1.73. The van der Waals surface area contributed by atoms with E-state index in [0.717, 1.165) is 16.8 Å². The van der Waals surface area contributed by atoms with Crippen molar-refractivity contribution in [3.63, 3.8) is 0 Å². The minimum absolute atomic E-state index is 0.321. The van der Waals surface area contributed by atoms with Gasteiger partial charge < -0.3 is 45.4 Å². The molecular weight excluding hydrogens is 725 g/mol. The molecule has 56 heavy (non-hydrogen) atoms. The van der Waals surface area contributed by atoms with Crippen LogP contribution in [0.2, 0.25) is 0 Å². The summed E-state index contributed by atoms with van der Waals surface area (Å²) >= 11 is 0. The number of hydrogen-bond donors (Lipinski definition) is 4. The van der Waals surface area contributed by atoms with E-state index in [1.165, 1.54) is 36.2 Å². The van der Waals surface area contributed by atoms with Crippen molar-refractivity contribution in [3.05, 3.63) is 89.7 Å². The largest absolute Gasteiger partial charge is 0.453 e. The van der Waals surface area contributed by atoms with Gasteiger partial charge in [-0.3, -0.25) is 19.2 Å². The number of anilines is 3. The van der Waals surface area contributed by atoms with Crippen molar-refractivity contribution in [2.45, 2.75) is 76.8 Å². The predicted molar refractivity (Wildman–Crippen MR) is 206 cm³/mol. The molecule has 0 saturated carbocycles. The van der Waals surface area contributed by atoms with Gasteiger partial charge in [0.1, 0.15) is 30.0 Å². The van der Waals surface area contributed by atoms with Gasteiger partial charge in [-0.1, -0.05) is 24.3 Å². The number of nitrogens with zero attached hydrogens (tertiary/aromatic N) is 3. The number of nitrogens with one attached hydrogen (secondary N) is 4. The molecule has 0 aromatic heterocycles. The molecule has 0 bridgehead atoms. The number of halogens is 1. The molecule has 15 nitrogen and oxygen atoms in total. The highest BCUT2D eigenvalue weighted by molar-refractivity contribution is 5.99. The highest BCUT2D eigenvalue weighted by Crippen LogP contribution is 2.25. The molecular formula is C40H48FN7O8. The van der Waals surface area contributed by atoms with Crippen LogP contribution < -0.4 is 26.2 Å². The van der Waals surface area contributed by atoms with E-state index < -0.39 is 36.4 Å². The van der Waals surface area contributed by atoms with Crippen LogP contribution in [-0.4, -0.2) is 97.1 Å². The van der Waals surface area contributed by atoms with Gasteiger partial charge in [0.05, 0.1) is 14.2 Å². The molecule has 2 aliphatic heterocycles. The summed E-state index contributed by atoms with van der Waals surface area (Å²) in [6.45, 7) is 4.79. The first-order chi connectivity index (χ1) is 26.9. The monoisotopic (exact) mass is 773 g/mol. The second kappa shape index (κ2) is 18.9. The Morgan fingerprint density at radius 1 is 0.661 bits per heavy atom. The molecule has 4 N–H and O–H groups in total. The van der Waals surface area contributed by atoms with Crippen LogP contribution in [0.5, 0.6) is 0 Å². The quantitative estimate of drug-likeness (QED) is 0.196. The van der Waals surface area contributed by atoms with Crippen LogP contribution in [0.1, 0.15) is 50.7 Å². The Morgan fingerprint density at radius 3 is 1.43 bits per heavy atom. The molecule has 16 heteroatoms. The van der Waals surface area contributed by atoms with Crippen molar-refractivity contribution in [2.24, 2.45) is 0 Å². The Morgan fingerprint density at radius 2 is 1.05 bits per heavy atom. The molecule has 5 rings (SSSR count). The molecule has 4 atom stereocenters. The molecule has 0 unspecified atom stereocenters. The standard InChI is InChI=1S/C40H48FN7O8/c1-25(42-39(53)55-3)37(51)47-21-5-7-33(47)35(49)44-30-15-9-27(10-16-30)23-46(32-19-13-29(41)14-20-32)24-28-11-17-31(18-12-28)45-36(50)34-8-6-22-48(34)38(52)26(2)43-40(54)56-4/h9-20,25-26,33-34H,5-8,21-24H2,1-4H3,(H,42,53)(H,43,54)(H,44,49)(H,45,50)/t25-,26-,33-,34-/m0/s1. The highest BCUT2D eigenvalue weighted by Gasteiger charge is 2.37. The molecule has 2 saturated heterocycles. The van der Waals surface area contributed by atoms with Crippen molar-refractivity contribution >= 4 is 52.9 Å². The Bertz CT molecular complexity index is 1760. The number of hydrogen-bond acceptors (Lipinski definition) is 9. The molecule has 3 aromatic rings. The maximum Gasteiger partial charge on any atom is 0.407 e. The Hall–Kier alpha value is -6.19. The van der Waals surface area contributed by atoms with Gasteiger partial charge in [-0.05, 0) is 99.2 Å². The number of alkyl carbamates (subject to hydrolysis) is 2. The number of benzene rings is 3. The van der Waals surface area contributed by atoms with Gasteiger partial charge in [0.25, 0.3) is 0 Å². The fourth-order valence-corrected chi connectivity index (χ4v) is 6.87. The Balaban J connectivity index is 1.20. The third-order valence-corrected chi connectivity index (χ3v) is 9.84. The molecule has 6 amide bonds. The highest BCUT2D eigenvalue weighted by atomic mass is 19.1. The fourth-order valence-electron chi connectivity index (χ4n) is 6.87. The van der Waals surface area contributed by atoms with Crippen molar-refractivity contribution in [1.82, 2.24) is 20.4 Å². The first-order valence-corrected chi connectivity index (χ1v) is 18.5. The van der Waals surface area contributed by atoms with Crippen molar-refractivity contribution < 1.29 is 42.6 Å². The van der Waals surface area contributed by atoms with Crippen molar-refractivity contribution in [2.75, 3.05) is 42.8 Å². The lowest BCUT2D eigenvalue weighted by atomic mass is 10.1. The lowest BCUT2D eigenvalue weighted by Gasteiger charge is -2.27. The first-order valence-electron chi connectivity index (χ1n) is 18.5. The van der Waals surface area contributed by atoms with Gasteiger partial charge >= 0.3 is 12.2 Å². The minimum Gasteiger partial charge on any atom is -0.453 e. The maximum atomic E-state index is 13.9. The minimum atomic E-state index is -0.849. The zero-order valence-corrected chi connectivity index (χ0v) is 31.9. The van der Waals surface area contributed by atoms with Crippen molar-refractivity contribution in [1.29, 1.82) is 0 Å². The number of amides is 6. The van der Waals surface area contributed by atoms with Crippen molar-refractivity contribution in [3.8, 4) is 0 Å².